The lowest BCUT2D eigenvalue weighted by Crippen LogP contribution is -2.24. The summed E-state index contributed by atoms with van der Waals surface area (Å²) in [5.41, 5.74) is 5.27. The third-order valence-corrected chi connectivity index (χ3v) is 4.26. The zero-order valence-electron chi connectivity index (χ0n) is 11.3. The summed E-state index contributed by atoms with van der Waals surface area (Å²) in [5, 5.41) is 0.809. The molecular formula is C17H17Cl2N. The van der Waals surface area contributed by atoms with E-state index in [9.17, 15) is 0 Å². The van der Waals surface area contributed by atoms with E-state index >= 15 is 0 Å². The third-order valence-electron chi connectivity index (χ3n) is 3.76. The Morgan fingerprint density at radius 2 is 1.75 bits per heavy atom. The van der Waals surface area contributed by atoms with Gasteiger partial charge in [-0.15, -0.1) is 11.6 Å². The van der Waals surface area contributed by atoms with Crippen molar-refractivity contribution in [1.82, 2.24) is 0 Å². The van der Waals surface area contributed by atoms with Crippen molar-refractivity contribution in [1.29, 1.82) is 0 Å². The lowest BCUT2D eigenvalue weighted by atomic mass is 9.95. The topological polar surface area (TPSA) is 3.24 Å². The van der Waals surface area contributed by atoms with Crippen LogP contribution >= 0.6 is 23.2 Å². The maximum absolute atomic E-state index is 6.14. The number of fused-ring (bicyclic) bond motifs is 2. The van der Waals surface area contributed by atoms with Gasteiger partial charge in [-0.05, 0) is 48.2 Å². The highest BCUT2D eigenvalue weighted by molar-refractivity contribution is 6.30. The maximum Gasteiger partial charge on any atom is 0.0447 e. The molecule has 0 saturated carbocycles. The van der Waals surface area contributed by atoms with Crippen LogP contribution in [-0.4, -0.2) is 12.4 Å². The Labute approximate surface area is 130 Å². The van der Waals surface area contributed by atoms with E-state index in [1.165, 1.54) is 22.5 Å². The molecule has 0 atom stereocenters. The first-order valence-electron chi connectivity index (χ1n) is 6.99. The number of benzene rings is 2. The van der Waals surface area contributed by atoms with Gasteiger partial charge in [-0.2, -0.15) is 0 Å². The lowest BCUT2D eigenvalue weighted by molar-refractivity contribution is 0.780. The molecule has 20 heavy (non-hydrogen) atoms. The molecule has 3 heteroatoms. The van der Waals surface area contributed by atoms with Crippen molar-refractivity contribution in [3.63, 3.8) is 0 Å². The van der Waals surface area contributed by atoms with E-state index in [1.807, 2.05) is 6.07 Å². The summed E-state index contributed by atoms with van der Waals surface area (Å²) in [7, 11) is 0. The summed E-state index contributed by atoms with van der Waals surface area (Å²) in [6, 6.07) is 14.8. The van der Waals surface area contributed by atoms with Crippen LogP contribution in [0.25, 0.3) is 0 Å². The molecule has 0 spiro atoms. The van der Waals surface area contributed by atoms with Gasteiger partial charge >= 0.3 is 0 Å². The van der Waals surface area contributed by atoms with Crippen molar-refractivity contribution in [2.24, 2.45) is 0 Å². The van der Waals surface area contributed by atoms with Crippen molar-refractivity contribution < 1.29 is 0 Å². The van der Waals surface area contributed by atoms with Gasteiger partial charge in [-0.25, -0.2) is 0 Å². The number of hydrogen-bond donors (Lipinski definition) is 0. The summed E-state index contributed by atoms with van der Waals surface area (Å²) in [6.07, 6.45) is 3.10. The highest BCUT2D eigenvalue weighted by atomic mass is 35.5. The fraction of sp³-hybridized carbons (Fsp3) is 0.294. The monoisotopic (exact) mass is 305 g/mol. The number of alkyl halides is 1. The quantitative estimate of drug-likeness (QED) is 0.540. The molecule has 1 aliphatic heterocycles. The second kappa shape index (κ2) is 6.07. The number of nitrogens with zero attached hydrogens (tertiary/aromatic N) is 1. The molecule has 0 aromatic heterocycles. The Morgan fingerprint density at radius 3 is 2.60 bits per heavy atom. The van der Waals surface area contributed by atoms with Crippen LogP contribution < -0.4 is 4.90 Å². The minimum Gasteiger partial charge on any atom is -0.341 e. The van der Waals surface area contributed by atoms with Crippen molar-refractivity contribution >= 4 is 34.6 Å². The fourth-order valence-corrected chi connectivity index (χ4v) is 3.21. The van der Waals surface area contributed by atoms with Gasteiger partial charge in [0.25, 0.3) is 0 Å². The molecule has 0 unspecified atom stereocenters. The summed E-state index contributed by atoms with van der Waals surface area (Å²) < 4.78 is 0. The summed E-state index contributed by atoms with van der Waals surface area (Å²) in [6.45, 7) is 0.998. The van der Waals surface area contributed by atoms with Gasteiger partial charge in [-0.1, -0.05) is 29.8 Å². The number of para-hydroxylation sites is 1. The van der Waals surface area contributed by atoms with Gasteiger partial charge < -0.3 is 4.90 Å². The number of hydrogen-bond acceptors (Lipinski definition) is 1. The van der Waals surface area contributed by atoms with Crippen LogP contribution in [0.15, 0.2) is 42.5 Å². The third kappa shape index (κ3) is 2.65. The van der Waals surface area contributed by atoms with E-state index < -0.39 is 0 Å². The van der Waals surface area contributed by atoms with Crippen LogP contribution in [-0.2, 0) is 6.42 Å². The van der Waals surface area contributed by atoms with Crippen molar-refractivity contribution in [2.75, 3.05) is 17.3 Å². The average molecular weight is 306 g/mol. The second-order valence-corrected chi connectivity index (χ2v) is 5.94. The fourth-order valence-electron chi connectivity index (χ4n) is 2.82. The van der Waals surface area contributed by atoms with E-state index in [4.69, 9.17) is 23.2 Å². The van der Waals surface area contributed by atoms with Crippen LogP contribution in [0.3, 0.4) is 0 Å². The van der Waals surface area contributed by atoms with E-state index in [0.29, 0.717) is 0 Å². The summed E-state index contributed by atoms with van der Waals surface area (Å²) in [5.74, 6) is 0.725. The Balaban J connectivity index is 1.99. The van der Waals surface area contributed by atoms with Crippen LogP contribution in [0, 0.1) is 0 Å². The molecule has 1 aliphatic rings. The Morgan fingerprint density at radius 1 is 0.950 bits per heavy atom. The molecule has 104 valence electrons. The highest BCUT2D eigenvalue weighted by Gasteiger charge is 2.21. The molecule has 0 fully saturated rings. The van der Waals surface area contributed by atoms with Crippen molar-refractivity contribution in [3.05, 3.63) is 58.6 Å². The van der Waals surface area contributed by atoms with E-state index in [0.717, 1.165) is 36.7 Å². The molecule has 0 amide bonds. The van der Waals surface area contributed by atoms with Crippen LogP contribution in [0.4, 0.5) is 11.4 Å². The standard InChI is InChI=1S/C17H17Cl2N/c18-9-3-4-10-20-16-6-2-1-5-13(16)11-14-12-15(19)7-8-17(14)20/h1-2,5-8,12H,3-4,9-11H2. The SMILES string of the molecule is ClCCCCN1c2ccccc2Cc2cc(Cl)ccc21. The van der Waals surface area contributed by atoms with Crippen LogP contribution in [0.2, 0.25) is 5.02 Å². The highest BCUT2D eigenvalue weighted by Crippen LogP contribution is 2.39. The number of anilines is 2. The first kappa shape index (κ1) is 13.8. The second-order valence-electron chi connectivity index (χ2n) is 5.13. The molecular weight excluding hydrogens is 289 g/mol. The Kier molecular flexibility index (Phi) is 4.18. The van der Waals surface area contributed by atoms with E-state index in [-0.39, 0.29) is 0 Å². The molecule has 2 aromatic rings. The Hall–Kier alpha value is -1.18. The minimum atomic E-state index is 0.725. The number of rotatable bonds is 4. The molecule has 1 heterocycles. The molecule has 0 saturated heterocycles. The smallest absolute Gasteiger partial charge is 0.0447 e. The normalized spacial score (nSPS) is 13.0. The van der Waals surface area contributed by atoms with Gasteiger partial charge in [0.05, 0.1) is 0 Å². The number of halogens is 2. The largest absolute Gasteiger partial charge is 0.341 e. The van der Waals surface area contributed by atoms with Gasteiger partial charge in [0.2, 0.25) is 0 Å². The first-order chi connectivity index (χ1) is 9.79. The van der Waals surface area contributed by atoms with E-state index in [1.54, 1.807) is 0 Å². The summed E-state index contributed by atoms with van der Waals surface area (Å²) in [4.78, 5) is 2.40. The van der Waals surface area contributed by atoms with Gasteiger partial charge in [0.15, 0.2) is 0 Å². The van der Waals surface area contributed by atoms with Crippen LogP contribution in [0.5, 0.6) is 0 Å². The maximum atomic E-state index is 6.14. The molecule has 3 rings (SSSR count). The van der Waals surface area contributed by atoms with Gasteiger partial charge in [-0.3, -0.25) is 0 Å². The lowest BCUT2D eigenvalue weighted by Gasteiger charge is -2.33. The minimum absolute atomic E-state index is 0.725. The molecule has 0 N–H and O–H groups in total. The Bertz CT molecular complexity index is 610. The van der Waals surface area contributed by atoms with Crippen molar-refractivity contribution in [2.45, 2.75) is 19.3 Å². The predicted octanol–water partition coefficient (Wildman–Crippen LogP) is 5.40. The zero-order chi connectivity index (χ0) is 13.9. The first-order valence-corrected chi connectivity index (χ1v) is 7.90. The summed E-state index contributed by atoms with van der Waals surface area (Å²) >= 11 is 11.9. The average Bonchev–Trinajstić information content (AvgIpc) is 2.46. The van der Waals surface area contributed by atoms with Crippen LogP contribution in [0.1, 0.15) is 24.0 Å². The molecule has 0 radical (unpaired) electrons. The van der Waals surface area contributed by atoms with Crippen molar-refractivity contribution in [3.8, 4) is 0 Å². The molecule has 0 aliphatic carbocycles. The van der Waals surface area contributed by atoms with E-state index in [2.05, 4.69) is 41.3 Å². The predicted molar refractivity (Wildman–Crippen MR) is 87.7 cm³/mol. The number of unbranched alkanes of at least 4 members (excludes halogenated alkanes) is 1. The molecule has 0 bridgehead atoms. The molecule has 2 aromatic carbocycles. The van der Waals surface area contributed by atoms with Gasteiger partial charge in [0, 0.05) is 35.2 Å². The molecule has 1 nitrogen and oxygen atoms in total. The van der Waals surface area contributed by atoms with Gasteiger partial charge in [0.1, 0.15) is 0 Å². The zero-order valence-corrected chi connectivity index (χ0v) is 12.8.